The summed E-state index contributed by atoms with van der Waals surface area (Å²) in [6.07, 6.45) is 2.28. The fraction of sp³-hybridized carbons (Fsp3) is 0.261. The van der Waals surface area contributed by atoms with Gasteiger partial charge in [0, 0.05) is 36.2 Å². The van der Waals surface area contributed by atoms with Gasteiger partial charge >= 0.3 is 0 Å². The van der Waals surface area contributed by atoms with Crippen LogP contribution in [0.2, 0.25) is 0 Å². The van der Waals surface area contributed by atoms with Crippen molar-refractivity contribution < 1.29 is 18.0 Å². The van der Waals surface area contributed by atoms with Crippen molar-refractivity contribution in [3.05, 3.63) is 76.6 Å². The molecule has 3 aromatic rings. The predicted molar refractivity (Wildman–Crippen MR) is 123 cm³/mol. The van der Waals surface area contributed by atoms with Gasteiger partial charge in [0.2, 0.25) is 21.4 Å². The fourth-order valence-electron chi connectivity index (χ4n) is 3.83. The van der Waals surface area contributed by atoms with E-state index in [0.29, 0.717) is 36.8 Å². The molecule has 0 spiro atoms. The molecule has 10 heteroatoms. The third kappa shape index (κ3) is 5.12. The number of pyridine rings is 1. The standard InChI is InChI=1S/C23H24N4O5S/c28-21(15-25-23(30)19-14-24-20-9-5-4-8-18(20)22(19)29)27-12-10-16(11-13-27)26-33(31,32)17-6-2-1-3-7-17/h1-9,14,16,26H,10-13,15H2,(H,24,29)(H,25,30). The van der Waals surface area contributed by atoms with E-state index in [4.69, 9.17) is 0 Å². The number of amides is 2. The summed E-state index contributed by atoms with van der Waals surface area (Å²) in [5.74, 6) is -0.911. The number of sulfonamides is 1. The van der Waals surface area contributed by atoms with Crippen molar-refractivity contribution in [2.45, 2.75) is 23.8 Å². The third-order valence-electron chi connectivity index (χ3n) is 5.66. The van der Waals surface area contributed by atoms with Gasteiger partial charge in [-0.25, -0.2) is 13.1 Å². The van der Waals surface area contributed by atoms with Gasteiger partial charge in [0.25, 0.3) is 5.91 Å². The summed E-state index contributed by atoms with van der Waals surface area (Å²) in [6.45, 7) is 0.492. The smallest absolute Gasteiger partial charge is 0.257 e. The summed E-state index contributed by atoms with van der Waals surface area (Å²) in [7, 11) is -3.61. The van der Waals surface area contributed by atoms with Crippen LogP contribution in [0.4, 0.5) is 0 Å². The van der Waals surface area contributed by atoms with Crippen LogP contribution in [0.3, 0.4) is 0 Å². The lowest BCUT2D eigenvalue weighted by atomic mass is 10.1. The van der Waals surface area contributed by atoms with Gasteiger partial charge in [0.05, 0.1) is 11.4 Å². The minimum atomic E-state index is -3.61. The topological polar surface area (TPSA) is 128 Å². The van der Waals surface area contributed by atoms with Crippen molar-refractivity contribution in [2.75, 3.05) is 19.6 Å². The molecule has 0 radical (unpaired) electrons. The Kier molecular flexibility index (Phi) is 6.57. The van der Waals surface area contributed by atoms with Crippen molar-refractivity contribution in [3.8, 4) is 0 Å². The summed E-state index contributed by atoms with van der Waals surface area (Å²) in [4.78, 5) is 42.2. The second-order valence-corrected chi connectivity index (χ2v) is 9.56. The molecule has 1 aliphatic heterocycles. The first kappa shape index (κ1) is 22.7. The van der Waals surface area contributed by atoms with Crippen LogP contribution in [0, 0.1) is 0 Å². The van der Waals surface area contributed by atoms with Gasteiger partial charge in [-0.3, -0.25) is 14.4 Å². The maximum absolute atomic E-state index is 12.5. The van der Waals surface area contributed by atoms with Crippen LogP contribution < -0.4 is 15.5 Å². The van der Waals surface area contributed by atoms with E-state index < -0.39 is 21.4 Å². The second kappa shape index (κ2) is 9.55. The molecule has 0 saturated carbocycles. The van der Waals surface area contributed by atoms with Crippen molar-refractivity contribution >= 4 is 32.7 Å². The van der Waals surface area contributed by atoms with Crippen LogP contribution in [-0.4, -0.2) is 55.8 Å². The van der Waals surface area contributed by atoms with Gasteiger partial charge in [-0.1, -0.05) is 30.3 Å². The summed E-state index contributed by atoms with van der Waals surface area (Å²) >= 11 is 0. The minimum Gasteiger partial charge on any atom is -0.360 e. The highest BCUT2D eigenvalue weighted by Gasteiger charge is 2.27. The highest BCUT2D eigenvalue weighted by molar-refractivity contribution is 7.89. The molecule has 2 amide bonds. The number of H-pyrrole nitrogens is 1. The Morgan fingerprint density at radius 1 is 1.00 bits per heavy atom. The average molecular weight is 469 g/mol. The molecule has 1 aliphatic rings. The van der Waals surface area contributed by atoms with Gasteiger partial charge in [-0.15, -0.1) is 0 Å². The van der Waals surface area contributed by atoms with Crippen molar-refractivity contribution in [2.24, 2.45) is 0 Å². The SMILES string of the molecule is O=C(NCC(=O)N1CCC(NS(=O)(=O)c2ccccc2)CC1)c1c[nH]c2ccccc2c1=O. The summed E-state index contributed by atoms with van der Waals surface area (Å²) in [5.41, 5.74) is 0.164. The number of aromatic amines is 1. The lowest BCUT2D eigenvalue weighted by Gasteiger charge is -2.32. The Labute approximate surface area is 190 Å². The zero-order valence-electron chi connectivity index (χ0n) is 17.8. The first-order valence-corrected chi connectivity index (χ1v) is 12.1. The van der Waals surface area contributed by atoms with E-state index in [0.717, 1.165) is 0 Å². The van der Waals surface area contributed by atoms with Crippen LogP contribution in [0.5, 0.6) is 0 Å². The molecule has 1 saturated heterocycles. The number of rotatable bonds is 6. The summed E-state index contributed by atoms with van der Waals surface area (Å²) < 4.78 is 27.6. The molecule has 0 unspecified atom stereocenters. The molecular weight excluding hydrogens is 444 g/mol. The summed E-state index contributed by atoms with van der Waals surface area (Å²) in [6, 6.07) is 14.7. The van der Waals surface area contributed by atoms with Crippen molar-refractivity contribution in [1.82, 2.24) is 19.9 Å². The normalized spacial score (nSPS) is 14.8. The number of piperidine rings is 1. The molecule has 33 heavy (non-hydrogen) atoms. The molecule has 0 atom stereocenters. The predicted octanol–water partition coefficient (Wildman–Crippen LogP) is 1.23. The third-order valence-corrected chi connectivity index (χ3v) is 7.19. The maximum atomic E-state index is 12.5. The highest BCUT2D eigenvalue weighted by Crippen LogP contribution is 2.15. The first-order valence-electron chi connectivity index (χ1n) is 10.6. The highest BCUT2D eigenvalue weighted by atomic mass is 32.2. The van der Waals surface area contributed by atoms with Crippen LogP contribution in [0.15, 0.2) is 70.5 Å². The average Bonchev–Trinajstić information content (AvgIpc) is 2.83. The number of benzene rings is 2. The van der Waals surface area contributed by atoms with E-state index in [1.165, 1.54) is 18.3 Å². The van der Waals surface area contributed by atoms with Gasteiger partial charge in [-0.2, -0.15) is 0 Å². The lowest BCUT2D eigenvalue weighted by Crippen LogP contribution is -2.49. The van der Waals surface area contributed by atoms with E-state index in [2.05, 4.69) is 15.0 Å². The first-order chi connectivity index (χ1) is 15.8. The number of para-hydroxylation sites is 1. The Morgan fingerprint density at radius 3 is 2.39 bits per heavy atom. The van der Waals surface area contributed by atoms with E-state index in [1.807, 2.05) is 0 Å². The lowest BCUT2D eigenvalue weighted by molar-refractivity contribution is -0.131. The Bertz CT molecular complexity index is 1330. The van der Waals surface area contributed by atoms with Gasteiger partial charge in [0.1, 0.15) is 5.56 Å². The molecule has 1 fully saturated rings. The van der Waals surface area contributed by atoms with Gasteiger partial charge in [-0.05, 0) is 37.1 Å². The van der Waals surface area contributed by atoms with Crippen LogP contribution in [0.25, 0.3) is 10.9 Å². The number of nitrogens with one attached hydrogen (secondary N) is 3. The number of likely N-dealkylation sites (tertiary alicyclic amines) is 1. The second-order valence-electron chi connectivity index (χ2n) is 7.85. The van der Waals surface area contributed by atoms with E-state index in [-0.39, 0.29) is 29.0 Å². The molecule has 0 bridgehead atoms. The molecule has 4 rings (SSSR count). The number of nitrogens with zero attached hydrogens (tertiary/aromatic N) is 1. The summed E-state index contributed by atoms with van der Waals surface area (Å²) in [5, 5.41) is 2.91. The molecular formula is C23H24N4O5S. The van der Waals surface area contributed by atoms with Gasteiger partial charge < -0.3 is 15.2 Å². The largest absolute Gasteiger partial charge is 0.360 e. The van der Waals surface area contributed by atoms with Crippen LogP contribution in [0.1, 0.15) is 23.2 Å². The molecule has 3 N–H and O–H groups in total. The number of hydrogen-bond acceptors (Lipinski definition) is 5. The maximum Gasteiger partial charge on any atom is 0.257 e. The van der Waals surface area contributed by atoms with Crippen molar-refractivity contribution in [3.63, 3.8) is 0 Å². The minimum absolute atomic E-state index is 0.0597. The number of hydrogen-bond donors (Lipinski definition) is 3. The molecule has 1 aromatic heterocycles. The molecule has 2 heterocycles. The monoisotopic (exact) mass is 468 g/mol. The van der Waals surface area contributed by atoms with E-state index in [9.17, 15) is 22.8 Å². The number of aromatic nitrogens is 1. The van der Waals surface area contributed by atoms with E-state index >= 15 is 0 Å². The zero-order chi connectivity index (χ0) is 23.4. The number of carbonyl (C=O) groups excluding carboxylic acids is 2. The number of fused-ring (bicyclic) bond motifs is 1. The van der Waals surface area contributed by atoms with Crippen molar-refractivity contribution in [1.29, 1.82) is 0 Å². The molecule has 172 valence electrons. The van der Waals surface area contributed by atoms with E-state index in [1.54, 1.807) is 47.4 Å². The quantitative estimate of drug-likeness (QED) is 0.501. The Balaban J connectivity index is 1.29. The number of carbonyl (C=O) groups is 2. The molecule has 2 aromatic carbocycles. The molecule has 9 nitrogen and oxygen atoms in total. The molecule has 0 aliphatic carbocycles. The van der Waals surface area contributed by atoms with Crippen LogP contribution >= 0.6 is 0 Å². The van der Waals surface area contributed by atoms with Gasteiger partial charge in [0.15, 0.2) is 0 Å². The Hall–Kier alpha value is -3.50. The zero-order valence-corrected chi connectivity index (χ0v) is 18.6. The fourth-order valence-corrected chi connectivity index (χ4v) is 5.16. The Morgan fingerprint density at radius 2 is 1.67 bits per heavy atom. The van der Waals surface area contributed by atoms with Crippen LogP contribution in [-0.2, 0) is 14.8 Å².